The third kappa shape index (κ3) is 13.5. The van der Waals surface area contributed by atoms with Gasteiger partial charge < -0.3 is 36.6 Å². The number of aromatic nitrogens is 6. The van der Waals surface area contributed by atoms with Crippen LogP contribution in [0.5, 0.6) is 0 Å². The Morgan fingerprint density at radius 1 is 0.575 bits per heavy atom. The van der Waals surface area contributed by atoms with E-state index < -0.39 is 63.5 Å². The molecule has 22 heteroatoms. The summed E-state index contributed by atoms with van der Waals surface area (Å²) in [5, 5.41) is 19.0. The van der Waals surface area contributed by atoms with E-state index in [-0.39, 0.29) is 40.9 Å². The van der Waals surface area contributed by atoms with Gasteiger partial charge in [0.1, 0.15) is 34.6 Å². The minimum Gasteiger partial charge on any atom is -0.478 e. The topological polar surface area (TPSA) is 236 Å². The van der Waals surface area contributed by atoms with Gasteiger partial charge in [-0.05, 0) is 138 Å². The van der Waals surface area contributed by atoms with Gasteiger partial charge in [-0.15, -0.1) is 0 Å². The number of benzene rings is 4. The lowest BCUT2D eigenvalue weighted by Gasteiger charge is -2.18. The summed E-state index contributed by atoms with van der Waals surface area (Å²) in [4.78, 5) is 84.6. The Morgan fingerprint density at radius 2 is 0.975 bits per heavy atom. The summed E-state index contributed by atoms with van der Waals surface area (Å²) in [6.07, 6.45) is 1.56. The lowest BCUT2D eigenvalue weighted by molar-refractivity contribution is -0.117. The lowest BCUT2D eigenvalue weighted by Crippen LogP contribution is -2.33. The van der Waals surface area contributed by atoms with E-state index in [4.69, 9.17) is 10.7 Å². The Bertz CT molecular complexity index is 3680. The van der Waals surface area contributed by atoms with E-state index in [1.807, 2.05) is 6.92 Å². The third-order valence-corrected chi connectivity index (χ3v) is 13.4. The molecule has 6 N–H and O–H groups in total. The number of para-hydroxylation sites is 2. The maximum absolute atomic E-state index is 15.0. The number of carboxylic acids is 1. The molecule has 0 aliphatic carbocycles. The van der Waals surface area contributed by atoms with Crippen molar-refractivity contribution in [3.63, 3.8) is 0 Å². The highest BCUT2D eigenvalue weighted by Gasteiger charge is 2.24. The Hall–Kier alpha value is -8.89. The number of carbonyl (C=O) groups excluding carboxylic acids is 2. The molecule has 0 bridgehead atoms. The maximum Gasteiger partial charge on any atom is 0.335 e. The molecule has 0 spiro atoms. The molecule has 0 aliphatic rings. The highest BCUT2D eigenvalue weighted by Crippen LogP contribution is 2.34. The third-order valence-electron chi connectivity index (χ3n) is 13.4. The number of nitrogens with zero attached hydrogens (tertiary/aromatic N) is 8. The van der Waals surface area contributed by atoms with Crippen molar-refractivity contribution in [2.24, 2.45) is 5.73 Å². The second-order valence-electron chi connectivity index (χ2n) is 18.5. The summed E-state index contributed by atoms with van der Waals surface area (Å²) < 4.78 is 61.4. The zero-order chi connectivity index (χ0) is 57.8. The van der Waals surface area contributed by atoms with E-state index in [9.17, 15) is 46.6 Å². The molecule has 0 unspecified atom stereocenters. The average molecular weight is 1100 g/mol. The van der Waals surface area contributed by atoms with Gasteiger partial charge in [0.2, 0.25) is 17.8 Å². The largest absolute Gasteiger partial charge is 0.478 e. The van der Waals surface area contributed by atoms with Crippen LogP contribution in [0.15, 0.2) is 107 Å². The number of hydrogen-bond donors (Lipinski definition) is 5. The van der Waals surface area contributed by atoms with Crippen LogP contribution in [0, 0.1) is 37.1 Å². The number of rotatable bonds is 22. The fourth-order valence-corrected chi connectivity index (χ4v) is 9.02. The van der Waals surface area contributed by atoms with Gasteiger partial charge in [-0.3, -0.25) is 28.3 Å². The standard InChI is InChI=1S/C30H33F2N7O3.C28H29F2N5O3/c1-4-38(5-2)15-7-14-34-30-36-26(21-16-19(11-10-18(21)3)29(42)35-17-24(33)40)20-12-13-25(41)39(28(20)37-30)27-22(31)8-6-9-23(27)32;1-4-34(5-2)15-7-14-31-28-32-24(20-16-18(27(37)38)11-10-17(20)3)19-12-13-23(36)35(26(19)33-28)25-21(29)8-6-9-22(25)30/h6,8-13,16H,4-5,7,14-15,17H2,1-3H3,(H2,33,40)(H,35,42)(H,34,36,37);6,8-13,16H,4-5,7,14-15H2,1-3H3,(H,37,38)(H,31,32,33). The molecule has 4 aromatic carbocycles. The normalized spacial score (nSPS) is 11.2. The zero-order valence-electron chi connectivity index (χ0n) is 45.2. The molecule has 0 radical (unpaired) electrons. The molecule has 18 nitrogen and oxygen atoms in total. The number of nitrogens with two attached hydrogens (primary N) is 1. The predicted octanol–water partition coefficient (Wildman–Crippen LogP) is 8.27. The van der Waals surface area contributed by atoms with Crippen molar-refractivity contribution in [3.8, 4) is 33.9 Å². The lowest BCUT2D eigenvalue weighted by atomic mass is 9.99. The summed E-state index contributed by atoms with van der Waals surface area (Å²) in [5.74, 6) is -5.70. The number of aromatic carboxylic acids is 1. The van der Waals surface area contributed by atoms with Crippen molar-refractivity contribution < 1.29 is 37.1 Å². The molecule has 4 aromatic heterocycles. The highest BCUT2D eigenvalue weighted by molar-refractivity contribution is 6.00. The average Bonchev–Trinajstić information content (AvgIpc) is 3.43. The van der Waals surface area contributed by atoms with Gasteiger partial charge in [-0.1, -0.05) is 52.0 Å². The second-order valence-corrected chi connectivity index (χ2v) is 18.5. The van der Waals surface area contributed by atoms with Gasteiger partial charge in [0.05, 0.1) is 23.5 Å². The van der Waals surface area contributed by atoms with Crippen LogP contribution in [0.25, 0.3) is 56.0 Å². The first kappa shape index (κ1) is 58.8. The second kappa shape index (κ2) is 26.6. The minimum absolute atomic E-state index is 0.00197. The summed E-state index contributed by atoms with van der Waals surface area (Å²) >= 11 is 0. The van der Waals surface area contributed by atoms with Gasteiger partial charge in [0.15, 0.2) is 11.3 Å². The van der Waals surface area contributed by atoms with Crippen LogP contribution in [-0.2, 0) is 4.79 Å². The van der Waals surface area contributed by atoms with Crippen molar-refractivity contribution in [2.45, 2.75) is 54.4 Å². The van der Waals surface area contributed by atoms with Crippen molar-refractivity contribution in [1.82, 2.24) is 44.2 Å². The van der Waals surface area contributed by atoms with Crippen LogP contribution in [0.4, 0.5) is 29.5 Å². The molecule has 0 saturated carbocycles. The van der Waals surface area contributed by atoms with Crippen LogP contribution < -0.4 is 32.8 Å². The van der Waals surface area contributed by atoms with Crippen LogP contribution in [-0.4, -0.2) is 121 Å². The monoisotopic (exact) mass is 1100 g/mol. The summed E-state index contributed by atoms with van der Waals surface area (Å²) in [5.41, 5.74) is 6.18. The number of primary amides is 1. The molecule has 0 fully saturated rings. The van der Waals surface area contributed by atoms with E-state index in [0.29, 0.717) is 46.4 Å². The quantitative estimate of drug-likeness (QED) is 0.0318. The van der Waals surface area contributed by atoms with Crippen LogP contribution >= 0.6 is 0 Å². The number of pyridine rings is 2. The molecular formula is C58H62F4N12O6. The molecule has 2 amide bonds. The molecule has 0 saturated heterocycles. The van der Waals surface area contributed by atoms with Crippen LogP contribution in [0.1, 0.15) is 72.4 Å². The summed E-state index contributed by atoms with van der Waals surface area (Å²) in [6.45, 7) is 18.0. The molecule has 8 rings (SSSR count). The van der Waals surface area contributed by atoms with Crippen molar-refractivity contribution in [3.05, 3.63) is 163 Å². The first-order chi connectivity index (χ1) is 38.4. The summed E-state index contributed by atoms with van der Waals surface area (Å²) in [7, 11) is 0. The smallest absolute Gasteiger partial charge is 0.335 e. The number of nitrogens with one attached hydrogen (secondary N) is 3. The molecule has 80 heavy (non-hydrogen) atoms. The van der Waals surface area contributed by atoms with Gasteiger partial charge in [0.25, 0.3) is 17.0 Å². The Balaban J connectivity index is 0.000000232. The van der Waals surface area contributed by atoms with Crippen molar-refractivity contribution in [2.75, 3.05) is 69.5 Å². The number of carbonyl (C=O) groups is 3. The molecule has 8 aromatic rings. The fraction of sp³-hybridized carbons (Fsp3) is 0.293. The Labute approximate surface area is 458 Å². The SMILES string of the molecule is CCN(CC)CCCNc1nc(-c2cc(C(=O)NCC(N)=O)ccc2C)c2ccc(=O)n(-c3c(F)cccc3F)c2n1.CCN(CC)CCCNc1nc(-c2cc(C(=O)O)ccc2C)c2ccc(=O)n(-c3c(F)cccc3F)c2n1. The number of fused-ring (bicyclic) bond motifs is 2. The summed E-state index contributed by atoms with van der Waals surface area (Å²) in [6, 6.07) is 21.6. The minimum atomic E-state index is -1.11. The highest BCUT2D eigenvalue weighted by atomic mass is 19.1. The van der Waals surface area contributed by atoms with Crippen molar-refractivity contribution in [1.29, 1.82) is 0 Å². The number of anilines is 2. The molecule has 0 aliphatic heterocycles. The number of amides is 2. The van der Waals surface area contributed by atoms with E-state index >= 15 is 0 Å². The zero-order valence-corrected chi connectivity index (χ0v) is 45.2. The van der Waals surface area contributed by atoms with Crippen LogP contribution in [0.2, 0.25) is 0 Å². The Morgan fingerprint density at radius 3 is 1.36 bits per heavy atom. The van der Waals surface area contributed by atoms with E-state index in [1.165, 1.54) is 48.5 Å². The predicted molar refractivity (Wildman–Crippen MR) is 301 cm³/mol. The van der Waals surface area contributed by atoms with Gasteiger partial charge in [-0.2, -0.15) is 9.97 Å². The number of aryl methyl sites for hydroxylation is 2. The first-order valence-corrected chi connectivity index (χ1v) is 26.1. The molecule has 4 heterocycles. The number of halogens is 4. The van der Waals surface area contributed by atoms with Gasteiger partial charge >= 0.3 is 5.97 Å². The Kier molecular flexibility index (Phi) is 19.6. The number of carboxylic acid groups (broad SMARTS) is 1. The molecular weight excluding hydrogens is 1040 g/mol. The maximum atomic E-state index is 15.0. The first-order valence-electron chi connectivity index (χ1n) is 26.1. The molecule has 0 atom stereocenters. The number of hydrogen-bond acceptors (Lipinski definition) is 13. The van der Waals surface area contributed by atoms with E-state index in [2.05, 4.69) is 68.4 Å². The van der Waals surface area contributed by atoms with Gasteiger partial charge in [-0.25, -0.2) is 32.3 Å². The van der Waals surface area contributed by atoms with E-state index in [0.717, 1.165) is 96.6 Å². The van der Waals surface area contributed by atoms with Crippen LogP contribution in [0.3, 0.4) is 0 Å². The fourth-order valence-electron chi connectivity index (χ4n) is 9.02. The van der Waals surface area contributed by atoms with Crippen molar-refractivity contribution >= 4 is 51.7 Å². The van der Waals surface area contributed by atoms with Gasteiger partial charge in [0, 0.05) is 52.7 Å². The van der Waals surface area contributed by atoms with E-state index in [1.54, 1.807) is 31.2 Å². The molecule has 418 valence electrons.